The maximum absolute atomic E-state index is 11.4. The van der Waals surface area contributed by atoms with Gasteiger partial charge in [-0.25, -0.2) is 0 Å². The van der Waals surface area contributed by atoms with Crippen LogP contribution in [-0.2, 0) is 9.09 Å². The number of hydrogen-bond donors (Lipinski definition) is 1. The molecule has 1 rings (SSSR count). The third-order valence-electron chi connectivity index (χ3n) is 1.81. The van der Waals surface area contributed by atoms with E-state index >= 15 is 0 Å². The van der Waals surface area contributed by atoms with E-state index in [2.05, 4.69) is 4.52 Å². The molecular weight excluding hydrogens is 215 g/mol. The van der Waals surface area contributed by atoms with Gasteiger partial charge >= 0.3 is 7.60 Å². The summed E-state index contributed by atoms with van der Waals surface area (Å²) in [6.07, 6.45) is 0. The zero-order chi connectivity index (χ0) is 11.5. The molecule has 0 aromatic heterocycles. The first-order valence-electron chi connectivity index (χ1n) is 4.43. The Bertz CT molecular complexity index is 390. The normalized spacial score (nSPS) is 14.6. The molecule has 5 heteroatoms. The highest BCUT2D eigenvalue weighted by Crippen LogP contribution is 2.36. The predicted molar refractivity (Wildman–Crippen MR) is 57.2 cm³/mol. The largest absolute Gasteiger partial charge is 0.325 e. The van der Waals surface area contributed by atoms with Crippen molar-refractivity contribution in [2.75, 3.05) is 13.3 Å². The fourth-order valence-corrected chi connectivity index (χ4v) is 1.36. The predicted octanol–water partition coefficient (Wildman–Crippen LogP) is 2.01. The quantitative estimate of drug-likeness (QED) is 0.632. The van der Waals surface area contributed by atoms with Gasteiger partial charge in [0, 0.05) is 12.2 Å². The summed E-state index contributed by atoms with van der Waals surface area (Å²) in [5.74, 6) is -0.300. The maximum Gasteiger partial charge on any atom is 0.325 e. The minimum atomic E-state index is -3.57. The average Bonchev–Trinajstić information content (AvgIpc) is 2.14. The standard InChI is InChI=1S/C10H13O4P/c1-8-3-5-9(6-4-8)10(11)7-14-15(2,12)13/h3-6H,7H2,1-2H3,(H,12,13). The molecule has 1 N–H and O–H groups in total. The van der Waals surface area contributed by atoms with Crippen molar-refractivity contribution in [3.63, 3.8) is 0 Å². The fraction of sp³-hybridized carbons (Fsp3) is 0.300. The van der Waals surface area contributed by atoms with Gasteiger partial charge in [-0.15, -0.1) is 0 Å². The Morgan fingerprint density at radius 1 is 1.40 bits per heavy atom. The van der Waals surface area contributed by atoms with Gasteiger partial charge in [0.05, 0.1) is 0 Å². The second-order valence-electron chi connectivity index (χ2n) is 3.37. The van der Waals surface area contributed by atoms with Crippen molar-refractivity contribution >= 4 is 13.4 Å². The van der Waals surface area contributed by atoms with Crippen molar-refractivity contribution in [1.29, 1.82) is 0 Å². The third kappa shape index (κ3) is 4.38. The lowest BCUT2D eigenvalue weighted by Gasteiger charge is -2.06. The van der Waals surface area contributed by atoms with Crippen LogP contribution in [0.3, 0.4) is 0 Å². The van der Waals surface area contributed by atoms with Crippen molar-refractivity contribution in [2.24, 2.45) is 0 Å². The number of rotatable bonds is 4. The molecule has 0 bridgehead atoms. The molecule has 0 radical (unpaired) electrons. The van der Waals surface area contributed by atoms with E-state index in [9.17, 15) is 9.36 Å². The molecule has 0 saturated heterocycles. The van der Waals surface area contributed by atoms with Crippen molar-refractivity contribution < 1.29 is 18.8 Å². The van der Waals surface area contributed by atoms with E-state index in [1.807, 2.05) is 6.92 Å². The summed E-state index contributed by atoms with van der Waals surface area (Å²) in [6, 6.07) is 6.94. The Morgan fingerprint density at radius 3 is 2.40 bits per heavy atom. The summed E-state index contributed by atoms with van der Waals surface area (Å²) < 4.78 is 15.3. The topological polar surface area (TPSA) is 63.6 Å². The minimum absolute atomic E-state index is 0.300. The summed E-state index contributed by atoms with van der Waals surface area (Å²) >= 11 is 0. The Balaban J connectivity index is 2.62. The van der Waals surface area contributed by atoms with Crippen LogP contribution in [0.2, 0.25) is 0 Å². The van der Waals surface area contributed by atoms with Gasteiger partial charge in [-0.3, -0.25) is 9.36 Å². The van der Waals surface area contributed by atoms with Crippen molar-refractivity contribution in [3.05, 3.63) is 35.4 Å². The molecule has 82 valence electrons. The van der Waals surface area contributed by atoms with Gasteiger partial charge in [0.25, 0.3) is 0 Å². The highest BCUT2D eigenvalue weighted by atomic mass is 31.2. The summed E-state index contributed by atoms with van der Waals surface area (Å²) in [5.41, 5.74) is 1.53. The second kappa shape index (κ2) is 4.71. The van der Waals surface area contributed by atoms with Crippen LogP contribution in [0.1, 0.15) is 15.9 Å². The highest BCUT2D eigenvalue weighted by molar-refractivity contribution is 7.51. The molecule has 0 spiro atoms. The number of hydrogen-bond acceptors (Lipinski definition) is 3. The van der Waals surface area contributed by atoms with Gasteiger partial charge in [-0.05, 0) is 6.92 Å². The van der Waals surface area contributed by atoms with E-state index in [1.54, 1.807) is 24.3 Å². The van der Waals surface area contributed by atoms with E-state index in [0.29, 0.717) is 5.56 Å². The van der Waals surface area contributed by atoms with E-state index in [-0.39, 0.29) is 12.4 Å². The number of carbonyl (C=O) groups is 1. The molecule has 0 heterocycles. The van der Waals surface area contributed by atoms with Crippen LogP contribution in [0.4, 0.5) is 0 Å². The molecule has 0 aliphatic carbocycles. The number of ketones is 1. The van der Waals surface area contributed by atoms with Crippen LogP contribution in [-0.4, -0.2) is 23.9 Å². The lowest BCUT2D eigenvalue weighted by atomic mass is 10.1. The summed E-state index contributed by atoms with van der Waals surface area (Å²) in [5, 5.41) is 0. The molecular formula is C10H13O4P. The first-order chi connectivity index (χ1) is 6.88. The highest BCUT2D eigenvalue weighted by Gasteiger charge is 2.14. The average molecular weight is 228 g/mol. The van der Waals surface area contributed by atoms with Gasteiger partial charge in [-0.1, -0.05) is 29.8 Å². The zero-order valence-corrected chi connectivity index (χ0v) is 9.53. The summed E-state index contributed by atoms with van der Waals surface area (Å²) in [6.45, 7) is 2.60. The van der Waals surface area contributed by atoms with E-state index in [0.717, 1.165) is 12.2 Å². The van der Waals surface area contributed by atoms with Crippen molar-refractivity contribution in [3.8, 4) is 0 Å². The lowest BCUT2D eigenvalue weighted by Crippen LogP contribution is -2.07. The Hall–Kier alpha value is -0.960. The van der Waals surface area contributed by atoms with E-state index < -0.39 is 7.60 Å². The molecule has 1 atom stereocenters. The van der Waals surface area contributed by atoms with Crippen LogP contribution in [0.5, 0.6) is 0 Å². The maximum atomic E-state index is 11.4. The summed E-state index contributed by atoms with van der Waals surface area (Å²) in [7, 11) is -3.57. The number of benzene rings is 1. The monoisotopic (exact) mass is 228 g/mol. The van der Waals surface area contributed by atoms with Crippen LogP contribution >= 0.6 is 7.60 Å². The van der Waals surface area contributed by atoms with Crippen LogP contribution in [0, 0.1) is 6.92 Å². The molecule has 4 nitrogen and oxygen atoms in total. The Kier molecular flexibility index (Phi) is 3.80. The second-order valence-corrected chi connectivity index (χ2v) is 5.23. The smallest absolute Gasteiger partial charge is 0.324 e. The molecule has 1 aromatic rings. The molecule has 1 unspecified atom stereocenters. The molecule has 0 aliphatic heterocycles. The van der Waals surface area contributed by atoms with E-state index in [1.165, 1.54) is 0 Å². The fourth-order valence-electron chi connectivity index (χ4n) is 1.00. The van der Waals surface area contributed by atoms with Gasteiger partial charge < -0.3 is 9.42 Å². The minimum Gasteiger partial charge on any atom is -0.324 e. The molecule has 0 fully saturated rings. The molecule has 0 saturated carbocycles. The van der Waals surface area contributed by atoms with Crippen LogP contribution < -0.4 is 0 Å². The third-order valence-corrected chi connectivity index (χ3v) is 2.42. The first kappa shape index (κ1) is 12.1. The van der Waals surface area contributed by atoms with E-state index in [4.69, 9.17) is 4.89 Å². The number of aryl methyl sites for hydroxylation is 1. The zero-order valence-electron chi connectivity index (χ0n) is 8.64. The van der Waals surface area contributed by atoms with Crippen LogP contribution in [0.25, 0.3) is 0 Å². The van der Waals surface area contributed by atoms with Gasteiger partial charge in [0.2, 0.25) is 0 Å². The Labute approximate surface area is 88.4 Å². The number of Topliss-reactive ketones (excluding diaryl/α,β-unsaturated/α-hetero) is 1. The SMILES string of the molecule is Cc1ccc(C(=O)COP(C)(=O)O)cc1. The van der Waals surface area contributed by atoms with Crippen molar-refractivity contribution in [2.45, 2.75) is 6.92 Å². The Morgan fingerprint density at radius 2 is 1.93 bits per heavy atom. The molecule has 15 heavy (non-hydrogen) atoms. The molecule has 0 amide bonds. The molecule has 0 aliphatic rings. The van der Waals surface area contributed by atoms with Gasteiger partial charge in [-0.2, -0.15) is 0 Å². The molecule has 1 aromatic carbocycles. The van der Waals surface area contributed by atoms with Gasteiger partial charge in [0.15, 0.2) is 5.78 Å². The lowest BCUT2D eigenvalue weighted by molar-refractivity contribution is 0.0911. The van der Waals surface area contributed by atoms with Crippen LogP contribution in [0.15, 0.2) is 24.3 Å². The van der Waals surface area contributed by atoms with Crippen molar-refractivity contribution in [1.82, 2.24) is 0 Å². The number of carbonyl (C=O) groups excluding carboxylic acids is 1. The first-order valence-corrected chi connectivity index (χ1v) is 6.45. The summed E-state index contributed by atoms with van der Waals surface area (Å²) in [4.78, 5) is 20.3. The van der Waals surface area contributed by atoms with Gasteiger partial charge in [0.1, 0.15) is 6.61 Å².